The molecule has 2 rings (SSSR count). The Kier molecular flexibility index (Phi) is 5.34. The van der Waals surface area contributed by atoms with E-state index in [4.69, 9.17) is 9.26 Å². The first kappa shape index (κ1) is 14.5. The molecule has 1 fully saturated rings. The van der Waals surface area contributed by atoms with E-state index in [0.717, 1.165) is 37.7 Å². The van der Waals surface area contributed by atoms with Crippen LogP contribution < -0.4 is 5.32 Å². The van der Waals surface area contributed by atoms with Crippen LogP contribution in [-0.2, 0) is 11.2 Å². The topological polar surface area (TPSA) is 60.2 Å². The lowest BCUT2D eigenvalue weighted by Gasteiger charge is -2.21. The van der Waals surface area contributed by atoms with Gasteiger partial charge in [0.15, 0.2) is 0 Å². The van der Waals surface area contributed by atoms with Crippen molar-refractivity contribution < 1.29 is 9.26 Å². The third-order valence-corrected chi connectivity index (χ3v) is 3.76. The van der Waals surface area contributed by atoms with Crippen molar-refractivity contribution in [3.63, 3.8) is 0 Å². The second-order valence-electron chi connectivity index (χ2n) is 5.70. The van der Waals surface area contributed by atoms with Gasteiger partial charge in [-0.2, -0.15) is 4.98 Å². The summed E-state index contributed by atoms with van der Waals surface area (Å²) in [5.74, 6) is 2.50. The summed E-state index contributed by atoms with van der Waals surface area (Å²) in [6, 6.07) is 0. The second kappa shape index (κ2) is 7.01. The van der Waals surface area contributed by atoms with Crippen LogP contribution in [0, 0.1) is 11.8 Å². The molecule has 0 aromatic carbocycles. The molecular weight excluding hydrogens is 242 g/mol. The highest BCUT2D eigenvalue weighted by Crippen LogP contribution is 2.23. The summed E-state index contributed by atoms with van der Waals surface area (Å²) in [6.07, 6.45) is 4.50. The zero-order valence-corrected chi connectivity index (χ0v) is 12.2. The molecule has 0 amide bonds. The smallest absolute Gasteiger partial charge is 0.226 e. The van der Waals surface area contributed by atoms with Crippen LogP contribution in [0.2, 0.25) is 0 Å². The molecule has 1 aromatic rings. The minimum absolute atomic E-state index is 0.0751. The number of piperidine rings is 1. The van der Waals surface area contributed by atoms with Gasteiger partial charge in [0, 0.05) is 13.5 Å². The molecule has 1 aliphatic rings. The molecule has 0 aliphatic carbocycles. The van der Waals surface area contributed by atoms with Gasteiger partial charge in [-0.05, 0) is 44.2 Å². The molecule has 5 nitrogen and oxygen atoms in total. The predicted octanol–water partition coefficient (Wildman–Crippen LogP) is 2.35. The monoisotopic (exact) mass is 267 g/mol. The summed E-state index contributed by atoms with van der Waals surface area (Å²) in [6.45, 7) is 6.47. The lowest BCUT2D eigenvalue weighted by Crippen LogP contribution is -2.29. The first-order chi connectivity index (χ1) is 9.20. The van der Waals surface area contributed by atoms with Gasteiger partial charge >= 0.3 is 0 Å². The molecule has 1 aromatic heterocycles. The Morgan fingerprint density at radius 2 is 2.32 bits per heavy atom. The molecule has 0 radical (unpaired) electrons. The summed E-state index contributed by atoms with van der Waals surface area (Å²) in [5.41, 5.74) is 0. The zero-order valence-electron chi connectivity index (χ0n) is 12.2. The number of ether oxygens (including phenoxy) is 1. The number of hydrogen-bond acceptors (Lipinski definition) is 5. The van der Waals surface area contributed by atoms with Gasteiger partial charge < -0.3 is 14.6 Å². The summed E-state index contributed by atoms with van der Waals surface area (Å²) in [5, 5.41) is 7.48. The van der Waals surface area contributed by atoms with Crippen molar-refractivity contribution in [1.82, 2.24) is 15.5 Å². The number of hydrogen-bond donors (Lipinski definition) is 1. The van der Waals surface area contributed by atoms with Crippen LogP contribution in [0.5, 0.6) is 0 Å². The Morgan fingerprint density at radius 1 is 1.47 bits per heavy atom. The van der Waals surface area contributed by atoms with Gasteiger partial charge in [0.05, 0.1) is 0 Å². The van der Waals surface area contributed by atoms with Crippen LogP contribution in [0.1, 0.15) is 50.9 Å². The normalized spacial score (nSPS) is 21.8. The molecule has 19 heavy (non-hydrogen) atoms. The van der Waals surface area contributed by atoms with Crippen LogP contribution >= 0.6 is 0 Å². The van der Waals surface area contributed by atoms with Crippen molar-refractivity contribution in [2.24, 2.45) is 11.8 Å². The zero-order chi connectivity index (χ0) is 13.7. The maximum Gasteiger partial charge on any atom is 0.226 e. The Morgan fingerprint density at radius 3 is 2.95 bits per heavy atom. The second-order valence-corrected chi connectivity index (χ2v) is 5.70. The fraction of sp³-hybridized carbons (Fsp3) is 0.857. The van der Waals surface area contributed by atoms with E-state index < -0.39 is 0 Å². The molecule has 2 unspecified atom stereocenters. The number of nitrogens with zero attached hydrogens (tertiary/aromatic N) is 2. The van der Waals surface area contributed by atoms with Gasteiger partial charge in [0.1, 0.15) is 6.10 Å². The molecule has 1 saturated heterocycles. The lowest BCUT2D eigenvalue weighted by atomic mass is 9.95. The van der Waals surface area contributed by atoms with Crippen molar-refractivity contribution >= 4 is 0 Å². The van der Waals surface area contributed by atoms with Crippen molar-refractivity contribution in [3.05, 3.63) is 11.7 Å². The SMILES string of the molecule is COC(c1noc(CCC2CCCNC2)n1)C(C)C. The number of aromatic nitrogens is 2. The summed E-state index contributed by atoms with van der Waals surface area (Å²) < 4.78 is 10.7. The third kappa shape index (κ3) is 4.01. The highest BCUT2D eigenvalue weighted by molar-refractivity contribution is 4.93. The standard InChI is InChI=1S/C14H25N3O2/c1-10(2)13(18-3)14-16-12(19-17-14)7-6-11-5-4-8-15-9-11/h10-11,13,15H,4-9H2,1-3H3. The quantitative estimate of drug-likeness (QED) is 0.857. The average Bonchev–Trinajstić information content (AvgIpc) is 2.87. The number of methoxy groups -OCH3 is 1. The van der Waals surface area contributed by atoms with Gasteiger partial charge in [-0.3, -0.25) is 0 Å². The fourth-order valence-electron chi connectivity index (χ4n) is 2.66. The van der Waals surface area contributed by atoms with Gasteiger partial charge in [-0.1, -0.05) is 19.0 Å². The van der Waals surface area contributed by atoms with Gasteiger partial charge in [0.25, 0.3) is 0 Å². The van der Waals surface area contributed by atoms with Gasteiger partial charge in [0.2, 0.25) is 11.7 Å². The molecule has 1 aliphatic heterocycles. The molecule has 108 valence electrons. The fourth-order valence-corrected chi connectivity index (χ4v) is 2.66. The molecule has 0 saturated carbocycles. The average molecular weight is 267 g/mol. The molecule has 5 heteroatoms. The molecule has 1 N–H and O–H groups in total. The van der Waals surface area contributed by atoms with E-state index in [-0.39, 0.29) is 6.10 Å². The van der Waals surface area contributed by atoms with Crippen molar-refractivity contribution in [2.75, 3.05) is 20.2 Å². The lowest BCUT2D eigenvalue weighted by molar-refractivity contribution is 0.0555. The molecular formula is C14H25N3O2. The van der Waals surface area contributed by atoms with Crippen LogP contribution in [0.15, 0.2) is 4.52 Å². The molecule has 2 atom stereocenters. The van der Waals surface area contributed by atoms with Crippen molar-refractivity contribution in [2.45, 2.75) is 45.6 Å². The third-order valence-electron chi connectivity index (χ3n) is 3.76. The van der Waals surface area contributed by atoms with E-state index in [1.165, 1.54) is 12.8 Å². The minimum Gasteiger partial charge on any atom is -0.373 e. The molecule has 0 spiro atoms. The van der Waals surface area contributed by atoms with Crippen LogP contribution in [0.25, 0.3) is 0 Å². The largest absolute Gasteiger partial charge is 0.373 e. The summed E-state index contributed by atoms with van der Waals surface area (Å²) >= 11 is 0. The van der Waals surface area contributed by atoms with E-state index in [0.29, 0.717) is 11.7 Å². The van der Waals surface area contributed by atoms with E-state index in [1.807, 2.05) is 0 Å². The van der Waals surface area contributed by atoms with Crippen LogP contribution in [0.3, 0.4) is 0 Å². The molecule has 0 bridgehead atoms. The van der Waals surface area contributed by atoms with Crippen LogP contribution in [0.4, 0.5) is 0 Å². The Hall–Kier alpha value is -0.940. The summed E-state index contributed by atoms with van der Waals surface area (Å²) in [7, 11) is 1.69. The maximum absolute atomic E-state index is 5.41. The number of aryl methyl sites for hydroxylation is 1. The van der Waals surface area contributed by atoms with Gasteiger partial charge in [-0.15, -0.1) is 0 Å². The van der Waals surface area contributed by atoms with Crippen molar-refractivity contribution in [3.8, 4) is 0 Å². The summed E-state index contributed by atoms with van der Waals surface area (Å²) in [4.78, 5) is 4.46. The Labute approximate surface area is 115 Å². The first-order valence-corrected chi connectivity index (χ1v) is 7.26. The highest BCUT2D eigenvalue weighted by atomic mass is 16.5. The van der Waals surface area contributed by atoms with Crippen molar-refractivity contribution in [1.29, 1.82) is 0 Å². The van der Waals surface area contributed by atoms with Crippen LogP contribution in [-0.4, -0.2) is 30.3 Å². The Balaban J connectivity index is 1.86. The first-order valence-electron chi connectivity index (χ1n) is 7.26. The number of rotatable bonds is 6. The Bertz CT molecular complexity index is 373. The van der Waals surface area contributed by atoms with Gasteiger partial charge in [-0.25, -0.2) is 0 Å². The van der Waals surface area contributed by atoms with E-state index >= 15 is 0 Å². The maximum atomic E-state index is 5.41. The van der Waals surface area contributed by atoms with E-state index in [1.54, 1.807) is 7.11 Å². The highest BCUT2D eigenvalue weighted by Gasteiger charge is 2.22. The molecule has 2 heterocycles. The number of nitrogens with one attached hydrogen (secondary N) is 1. The minimum atomic E-state index is -0.0751. The van der Waals surface area contributed by atoms with E-state index in [9.17, 15) is 0 Å². The predicted molar refractivity (Wildman–Crippen MR) is 72.8 cm³/mol. The van der Waals surface area contributed by atoms with E-state index in [2.05, 4.69) is 29.3 Å².